The Hall–Kier alpha value is -0.600. The van der Waals surface area contributed by atoms with Crippen molar-refractivity contribution in [3.05, 3.63) is 19.3 Å². The third-order valence-electron chi connectivity index (χ3n) is 5.42. The molecule has 0 bridgehead atoms. The maximum atomic E-state index is 13.8. The largest absolute Gasteiger partial charge is 0.460 e. The molecule has 0 N–H and O–H groups in total. The minimum Gasteiger partial charge on any atom is -0.225 e. The van der Waals surface area contributed by atoms with Gasteiger partial charge in [-0.2, -0.15) is 92.2 Å². The van der Waals surface area contributed by atoms with Crippen LogP contribution in [0.2, 0.25) is 0 Å². The average molecular weight is 912 g/mol. The molecule has 0 radical (unpaired) electrons. The molecule has 0 aromatic heterocycles. The molecule has 0 heterocycles. The molecule has 0 aromatic rings. The summed E-state index contributed by atoms with van der Waals surface area (Å²) in [5, 5.41) is 0. The summed E-state index contributed by atoms with van der Waals surface area (Å²) < 4.78 is 281. The van der Waals surface area contributed by atoms with Crippen molar-refractivity contribution in [2.24, 2.45) is 0 Å². The van der Waals surface area contributed by atoms with E-state index in [-0.39, 0.29) is 6.42 Å². The van der Waals surface area contributed by atoms with Crippen LogP contribution in [0.4, 0.5) is 96.6 Å². The molecule has 1 rings (SSSR count). The Morgan fingerprint density at radius 1 is 0.488 bits per heavy atom. The molecular formula is C19H12F22I2. The van der Waals surface area contributed by atoms with Crippen LogP contribution in [0, 0.1) is 0 Å². The van der Waals surface area contributed by atoms with E-state index < -0.39 is 90.9 Å². The Morgan fingerprint density at radius 3 is 1.07 bits per heavy atom. The maximum absolute atomic E-state index is 13.8. The Kier molecular flexibility index (Phi) is 11.7. The molecule has 0 spiro atoms. The van der Waals surface area contributed by atoms with Gasteiger partial charge in [0, 0.05) is 6.08 Å². The topological polar surface area (TPSA) is 0 Å². The van der Waals surface area contributed by atoms with Gasteiger partial charge in [0.1, 0.15) is 0 Å². The third-order valence-corrected chi connectivity index (χ3v) is 7.57. The average Bonchev–Trinajstić information content (AvgIpc) is 2.86. The quantitative estimate of drug-likeness (QED) is 0.168. The first-order valence-corrected chi connectivity index (χ1v) is 12.5. The molecule has 1 saturated carbocycles. The SMILES string of the molecule is CCC(I)=CC(F)(F)C(F)(F)C(F)(F)C(F)(F)C(F)(F)C(F)(F)F.CCC(I)=CC1(F)C(F)(F)C(F)(F)C(F)(F)C1(F)F. The van der Waals surface area contributed by atoms with E-state index >= 15 is 0 Å². The first kappa shape index (κ1) is 42.4. The van der Waals surface area contributed by atoms with Gasteiger partial charge in [0.15, 0.2) is 0 Å². The fourth-order valence-corrected chi connectivity index (χ4v) is 3.54. The van der Waals surface area contributed by atoms with Crippen molar-refractivity contribution in [3.63, 3.8) is 0 Å². The van der Waals surface area contributed by atoms with Crippen LogP contribution in [0.3, 0.4) is 0 Å². The van der Waals surface area contributed by atoms with Crippen LogP contribution in [0.1, 0.15) is 26.7 Å². The molecular weight excluding hydrogens is 900 g/mol. The van der Waals surface area contributed by atoms with E-state index in [1.54, 1.807) is 0 Å². The highest BCUT2D eigenvalue weighted by Crippen LogP contribution is 2.69. The zero-order valence-corrected chi connectivity index (χ0v) is 24.5. The fourth-order valence-electron chi connectivity index (χ4n) is 2.72. The summed E-state index contributed by atoms with van der Waals surface area (Å²) in [4.78, 5) is 0. The van der Waals surface area contributed by atoms with Crippen molar-refractivity contribution < 1.29 is 96.6 Å². The fraction of sp³-hybridized carbons (Fsp3) is 0.789. The van der Waals surface area contributed by atoms with Crippen molar-refractivity contribution in [2.75, 3.05) is 0 Å². The first-order valence-electron chi connectivity index (χ1n) is 10.3. The van der Waals surface area contributed by atoms with Crippen molar-refractivity contribution in [1.29, 1.82) is 0 Å². The second kappa shape index (κ2) is 11.9. The number of rotatable bonds is 8. The summed E-state index contributed by atoms with van der Waals surface area (Å²) in [5.41, 5.74) is -5.46. The van der Waals surface area contributed by atoms with Gasteiger partial charge in [-0.3, -0.25) is 0 Å². The molecule has 1 aliphatic carbocycles. The maximum Gasteiger partial charge on any atom is 0.460 e. The molecule has 1 fully saturated rings. The van der Waals surface area contributed by atoms with Crippen LogP contribution in [-0.4, -0.2) is 65.1 Å². The number of hydrogen-bond donors (Lipinski definition) is 0. The highest BCUT2D eigenvalue weighted by atomic mass is 127. The van der Waals surface area contributed by atoms with Gasteiger partial charge in [0.25, 0.3) is 5.67 Å². The van der Waals surface area contributed by atoms with Gasteiger partial charge in [0.2, 0.25) is 0 Å². The predicted octanol–water partition coefficient (Wildman–Crippen LogP) is 11.4. The van der Waals surface area contributed by atoms with Crippen LogP contribution < -0.4 is 0 Å². The van der Waals surface area contributed by atoms with Gasteiger partial charge in [0.05, 0.1) is 0 Å². The minimum absolute atomic E-state index is 0.254. The molecule has 0 aliphatic heterocycles. The number of alkyl halides is 22. The third kappa shape index (κ3) is 6.01. The molecule has 0 saturated heterocycles. The van der Waals surface area contributed by atoms with E-state index in [0.29, 0.717) is 0 Å². The van der Waals surface area contributed by atoms with E-state index in [0.717, 1.165) is 52.1 Å². The van der Waals surface area contributed by atoms with E-state index in [4.69, 9.17) is 0 Å². The second-order valence-corrected chi connectivity index (χ2v) is 11.1. The van der Waals surface area contributed by atoms with Crippen LogP contribution >= 0.6 is 45.2 Å². The van der Waals surface area contributed by atoms with Gasteiger partial charge < -0.3 is 0 Å². The van der Waals surface area contributed by atoms with Gasteiger partial charge in [-0.25, -0.2) is 4.39 Å². The number of halogens is 24. The van der Waals surface area contributed by atoms with Crippen molar-refractivity contribution in [1.82, 2.24) is 0 Å². The lowest BCUT2D eigenvalue weighted by atomic mass is 9.93. The molecule has 1 aliphatic rings. The molecule has 24 heteroatoms. The second-order valence-electron chi connectivity index (χ2n) is 8.32. The number of hydrogen-bond acceptors (Lipinski definition) is 0. The Morgan fingerprint density at radius 2 is 0.791 bits per heavy atom. The smallest absolute Gasteiger partial charge is 0.225 e. The molecule has 0 unspecified atom stereocenters. The lowest BCUT2D eigenvalue weighted by molar-refractivity contribution is -0.436. The summed E-state index contributed by atoms with van der Waals surface area (Å²) in [7, 11) is 0. The molecule has 43 heavy (non-hydrogen) atoms. The summed E-state index contributed by atoms with van der Waals surface area (Å²) in [6.45, 7) is 2.29. The van der Waals surface area contributed by atoms with Crippen LogP contribution in [0.25, 0.3) is 0 Å². The molecule has 256 valence electrons. The highest BCUT2D eigenvalue weighted by molar-refractivity contribution is 14.1. The van der Waals surface area contributed by atoms with Gasteiger partial charge in [-0.1, -0.05) is 13.8 Å². The summed E-state index contributed by atoms with van der Waals surface area (Å²) in [6, 6.07) is 0. The highest BCUT2D eigenvalue weighted by Gasteiger charge is 3.00. The summed E-state index contributed by atoms with van der Waals surface area (Å²) in [6.07, 6.45) is -9.56. The molecule has 0 aromatic carbocycles. The molecule has 0 nitrogen and oxygen atoms in total. The molecule has 0 atom stereocenters. The lowest BCUT2D eigenvalue weighted by Crippen LogP contribution is -2.69. The Balaban J connectivity index is 0.000000841. The van der Waals surface area contributed by atoms with E-state index in [9.17, 15) is 96.6 Å². The van der Waals surface area contributed by atoms with Crippen LogP contribution in [-0.2, 0) is 0 Å². The zero-order valence-electron chi connectivity index (χ0n) is 20.1. The standard InChI is InChI=1S/C10H6F13I.C9H6F9I/c1-2-4(24)3-5(11,12)6(13,14)7(15,16)8(17,18)9(19,20)10(21,22)23;1-2-4(19)3-5(10)6(11,12)8(15,16)9(17,18)7(5,13)14/h3H,2H2,1H3;3H,2H2,1H3. The van der Waals surface area contributed by atoms with Crippen LogP contribution in [0.5, 0.6) is 0 Å². The zero-order chi connectivity index (χ0) is 35.5. The van der Waals surface area contributed by atoms with Crippen LogP contribution in [0.15, 0.2) is 19.3 Å². The Bertz CT molecular complexity index is 1040. The van der Waals surface area contributed by atoms with Gasteiger partial charge in [-0.05, 0) is 71.3 Å². The van der Waals surface area contributed by atoms with E-state index in [1.165, 1.54) is 6.92 Å². The normalized spacial score (nSPS) is 22.7. The monoisotopic (exact) mass is 912 g/mol. The van der Waals surface area contributed by atoms with E-state index in [1.807, 2.05) is 0 Å². The Labute approximate surface area is 252 Å². The lowest BCUT2D eigenvalue weighted by Gasteiger charge is -2.39. The summed E-state index contributed by atoms with van der Waals surface area (Å²) >= 11 is 2.06. The predicted molar refractivity (Wildman–Crippen MR) is 119 cm³/mol. The summed E-state index contributed by atoms with van der Waals surface area (Å²) in [5.74, 6) is -62.1. The first-order chi connectivity index (χ1) is 18.4. The van der Waals surface area contributed by atoms with Crippen molar-refractivity contribution in [3.8, 4) is 0 Å². The van der Waals surface area contributed by atoms with Crippen molar-refractivity contribution in [2.45, 2.75) is 91.8 Å². The van der Waals surface area contributed by atoms with Gasteiger partial charge in [-0.15, -0.1) is 0 Å². The van der Waals surface area contributed by atoms with E-state index in [2.05, 4.69) is 0 Å². The van der Waals surface area contributed by atoms with Gasteiger partial charge >= 0.3 is 59.5 Å². The molecule has 0 amide bonds. The van der Waals surface area contributed by atoms with Crippen molar-refractivity contribution >= 4 is 45.2 Å². The minimum atomic E-state index is -7.85. The number of allylic oxidation sites excluding steroid dienone is 4.